The molecule has 3 aromatic heterocycles. The predicted molar refractivity (Wildman–Crippen MR) is 134 cm³/mol. The van der Waals surface area contributed by atoms with Gasteiger partial charge in [-0.05, 0) is 42.7 Å². The van der Waals surface area contributed by atoms with Crippen molar-refractivity contribution in [2.75, 3.05) is 37.4 Å². The maximum atomic E-state index is 14.7. The van der Waals surface area contributed by atoms with Gasteiger partial charge in [0.15, 0.2) is 11.5 Å². The van der Waals surface area contributed by atoms with Gasteiger partial charge in [-0.1, -0.05) is 11.6 Å². The number of fused-ring (bicyclic) bond motifs is 1. The molecule has 1 aliphatic heterocycles. The molecule has 5 rings (SSSR count). The number of nitrogens with zero attached hydrogens (tertiary/aromatic N) is 6. The zero-order chi connectivity index (χ0) is 24.6. The van der Waals surface area contributed by atoms with Crippen LogP contribution in [0.2, 0.25) is 5.02 Å². The van der Waals surface area contributed by atoms with Gasteiger partial charge in [-0.25, -0.2) is 19.3 Å². The number of pyridine rings is 1. The molecule has 0 spiro atoms. The third-order valence-electron chi connectivity index (χ3n) is 6.32. The number of hydrogen-bond acceptors (Lipinski definition) is 8. The molecule has 1 aromatic carbocycles. The largest absolute Gasteiger partial charge is 0.383 e. The van der Waals surface area contributed by atoms with E-state index in [9.17, 15) is 4.39 Å². The summed E-state index contributed by atoms with van der Waals surface area (Å²) in [6.45, 7) is 2.31. The summed E-state index contributed by atoms with van der Waals surface area (Å²) in [5.41, 5.74) is 15.9. The quantitative estimate of drug-likeness (QED) is 0.417. The first-order chi connectivity index (χ1) is 16.9. The minimum atomic E-state index is -0.467. The van der Waals surface area contributed by atoms with Crippen molar-refractivity contribution in [2.45, 2.75) is 24.9 Å². The van der Waals surface area contributed by atoms with Gasteiger partial charge in [-0.15, -0.1) is 0 Å². The van der Waals surface area contributed by atoms with E-state index in [1.807, 2.05) is 10.6 Å². The first kappa shape index (κ1) is 23.4. The van der Waals surface area contributed by atoms with Crippen LogP contribution in [0.4, 0.5) is 15.9 Å². The minimum absolute atomic E-state index is 0.314. The number of methoxy groups -OCH3 is 1. The number of rotatable bonds is 6. The molecule has 1 saturated heterocycles. The smallest absolute Gasteiger partial charge is 0.165 e. The molecule has 0 radical (unpaired) electrons. The number of aromatic nitrogens is 5. The van der Waals surface area contributed by atoms with Crippen molar-refractivity contribution in [3.63, 3.8) is 0 Å². The number of anilines is 2. The van der Waals surface area contributed by atoms with E-state index >= 15 is 0 Å². The van der Waals surface area contributed by atoms with Crippen LogP contribution in [-0.4, -0.2) is 56.8 Å². The second kappa shape index (κ2) is 9.37. The maximum absolute atomic E-state index is 14.7. The van der Waals surface area contributed by atoms with Crippen molar-refractivity contribution in [1.82, 2.24) is 24.5 Å². The molecule has 9 nitrogen and oxygen atoms in total. The molecule has 11 heteroatoms. The number of ether oxygens (including phenoxy) is 1. The van der Waals surface area contributed by atoms with Gasteiger partial charge in [0.05, 0.1) is 42.6 Å². The molecule has 0 saturated carbocycles. The van der Waals surface area contributed by atoms with Crippen LogP contribution in [0, 0.1) is 5.82 Å². The molecule has 0 aliphatic carbocycles. The highest BCUT2D eigenvalue weighted by Gasteiger charge is 2.33. The van der Waals surface area contributed by atoms with Crippen LogP contribution in [0.25, 0.3) is 22.4 Å². The Morgan fingerprint density at radius 2 is 2.06 bits per heavy atom. The van der Waals surface area contributed by atoms with Gasteiger partial charge in [0, 0.05) is 30.8 Å². The topological polar surface area (TPSA) is 121 Å². The lowest BCUT2D eigenvalue weighted by Crippen LogP contribution is -2.57. The Balaban J connectivity index is 1.59. The molecule has 4 aromatic rings. The Hall–Kier alpha value is -3.34. The van der Waals surface area contributed by atoms with E-state index in [0.717, 1.165) is 30.6 Å². The van der Waals surface area contributed by atoms with Gasteiger partial charge in [-0.3, -0.25) is 4.98 Å². The van der Waals surface area contributed by atoms with Gasteiger partial charge in [-0.2, -0.15) is 0 Å². The normalized spacial score (nSPS) is 18.3. The second-order valence-corrected chi connectivity index (χ2v) is 9.38. The van der Waals surface area contributed by atoms with Gasteiger partial charge >= 0.3 is 0 Å². The molecule has 182 valence electrons. The lowest BCUT2D eigenvalue weighted by Gasteiger charge is -2.41. The van der Waals surface area contributed by atoms with Gasteiger partial charge in [0.25, 0.3) is 0 Å². The van der Waals surface area contributed by atoms with E-state index in [2.05, 4.69) is 24.8 Å². The highest BCUT2D eigenvalue weighted by molar-refractivity contribution is 6.30. The second-order valence-electron chi connectivity index (χ2n) is 8.95. The molecular formula is C24H26ClFN8O. The maximum Gasteiger partial charge on any atom is 0.165 e. The Bertz CT molecular complexity index is 1380. The average molecular weight is 497 g/mol. The number of benzene rings is 1. The molecule has 4 N–H and O–H groups in total. The summed E-state index contributed by atoms with van der Waals surface area (Å²) >= 11 is 6.15. The molecule has 1 aliphatic rings. The lowest BCUT2D eigenvalue weighted by molar-refractivity contribution is 0.121. The van der Waals surface area contributed by atoms with E-state index in [1.165, 1.54) is 18.5 Å². The van der Waals surface area contributed by atoms with Crippen LogP contribution >= 0.6 is 11.6 Å². The van der Waals surface area contributed by atoms with E-state index in [4.69, 9.17) is 27.8 Å². The summed E-state index contributed by atoms with van der Waals surface area (Å²) in [4.78, 5) is 19.6. The monoisotopic (exact) mass is 496 g/mol. The fraction of sp³-hybridized carbons (Fsp3) is 0.333. The molecule has 0 bridgehead atoms. The van der Waals surface area contributed by atoms with E-state index in [-0.39, 0.29) is 0 Å². The zero-order valence-electron chi connectivity index (χ0n) is 19.3. The van der Waals surface area contributed by atoms with Gasteiger partial charge in [0.2, 0.25) is 0 Å². The first-order valence-electron chi connectivity index (χ1n) is 11.3. The number of nitrogen functional groups attached to an aromatic ring is 1. The summed E-state index contributed by atoms with van der Waals surface area (Å²) in [6.07, 6.45) is 6.64. The highest BCUT2D eigenvalue weighted by atomic mass is 35.5. The van der Waals surface area contributed by atoms with Gasteiger partial charge in [0.1, 0.15) is 17.7 Å². The third-order valence-corrected chi connectivity index (χ3v) is 6.56. The van der Waals surface area contributed by atoms with Crippen LogP contribution in [0.3, 0.4) is 0 Å². The van der Waals surface area contributed by atoms with E-state index < -0.39 is 11.4 Å². The van der Waals surface area contributed by atoms with Crippen molar-refractivity contribution in [3.8, 4) is 11.3 Å². The summed E-state index contributed by atoms with van der Waals surface area (Å²) in [5, 5.41) is 0.435. The van der Waals surface area contributed by atoms with Crippen molar-refractivity contribution >= 4 is 34.3 Å². The fourth-order valence-corrected chi connectivity index (χ4v) is 4.88. The molecular weight excluding hydrogens is 471 g/mol. The fourth-order valence-electron chi connectivity index (χ4n) is 4.71. The molecule has 0 unspecified atom stereocenters. The van der Waals surface area contributed by atoms with Crippen LogP contribution in [0.1, 0.15) is 18.4 Å². The van der Waals surface area contributed by atoms with Crippen LogP contribution in [0.15, 0.2) is 43.1 Å². The predicted octanol–water partition coefficient (Wildman–Crippen LogP) is 3.26. The minimum Gasteiger partial charge on any atom is -0.383 e. The number of imidazole rings is 1. The Kier molecular flexibility index (Phi) is 6.26. The molecule has 4 heterocycles. The molecule has 1 atom stereocenters. The van der Waals surface area contributed by atoms with Crippen molar-refractivity contribution in [2.24, 2.45) is 5.73 Å². The van der Waals surface area contributed by atoms with Crippen LogP contribution in [0.5, 0.6) is 0 Å². The SMILES string of the molecule is COC[C@@]1(N)CCCN(c2cnc(-c3cc(Cl)ccc3F)cc2Cn2cnc3c(N)ncnc32)C1. The van der Waals surface area contributed by atoms with Crippen LogP contribution < -0.4 is 16.4 Å². The van der Waals surface area contributed by atoms with E-state index in [0.29, 0.717) is 53.0 Å². The number of halogens is 2. The summed E-state index contributed by atoms with van der Waals surface area (Å²) in [5.74, 6) is -0.0814. The first-order valence-corrected chi connectivity index (χ1v) is 11.6. The standard InChI is InChI=1S/C24H26ClFN8O/c1-35-12-24(28)5-2-6-33(11-24)20-9-29-19(17-8-16(25)3-4-18(17)26)7-15(20)10-34-14-32-21-22(27)30-13-31-23(21)34/h3-4,7-9,13-14H,2,5-6,10-12,28H2,1H3,(H2,27,30,31)/t24-/m1/s1. The van der Waals surface area contributed by atoms with Crippen molar-refractivity contribution in [1.29, 1.82) is 0 Å². The molecule has 0 amide bonds. The number of piperidine rings is 1. The van der Waals surface area contributed by atoms with Crippen molar-refractivity contribution in [3.05, 3.63) is 59.5 Å². The Morgan fingerprint density at radius 3 is 2.89 bits per heavy atom. The zero-order valence-corrected chi connectivity index (χ0v) is 20.0. The van der Waals surface area contributed by atoms with Gasteiger partial charge < -0.3 is 25.7 Å². The molecule has 1 fully saturated rings. The Labute approximate surface area is 206 Å². The Morgan fingerprint density at radius 1 is 1.20 bits per heavy atom. The number of nitrogens with two attached hydrogens (primary N) is 2. The summed E-state index contributed by atoms with van der Waals surface area (Å²) in [7, 11) is 1.66. The molecule has 35 heavy (non-hydrogen) atoms. The third kappa shape index (κ3) is 4.64. The average Bonchev–Trinajstić information content (AvgIpc) is 3.24. The summed E-state index contributed by atoms with van der Waals surface area (Å²) < 4.78 is 21.9. The van der Waals surface area contributed by atoms with Crippen molar-refractivity contribution < 1.29 is 9.13 Å². The highest BCUT2D eigenvalue weighted by Crippen LogP contribution is 2.32. The summed E-state index contributed by atoms with van der Waals surface area (Å²) in [6, 6.07) is 6.31. The lowest BCUT2D eigenvalue weighted by atomic mass is 9.90. The number of hydrogen-bond donors (Lipinski definition) is 2. The van der Waals surface area contributed by atoms with Crippen LogP contribution in [-0.2, 0) is 11.3 Å². The van der Waals surface area contributed by atoms with E-state index in [1.54, 1.807) is 25.7 Å².